The molecule has 1 heterocycles. The molecular weight excluding hydrogens is 308 g/mol. The Morgan fingerprint density at radius 1 is 0.960 bits per heavy atom. The number of aryl methyl sites for hydroxylation is 1. The Bertz CT molecular complexity index is 968. The van der Waals surface area contributed by atoms with Gasteiger partial charge in [0.1, 0.15) is 0 Å². The van der Waals surface area contributed by atoms with E-state index in [4.69, 9.17) is 0 Å². The Morgan fingerprint density at radius 2 is 1.64 bits per heavy atom. The van der Waals surface area contributed by atoms with E-state index in [1.807, 2.05) is 11.6 Å². The molecule has 3 rings (SSSR count). The van der Waals surface area contributed by atoms with Crippen LogP contribution in [0.5, 0.6) is 0 Å². The molecule has 0 atom stereocenters. The molecule has 0 aliphatic heterocycles. The average molecular weight is 336 g/mol. The molecule has 1 aromatic heterocycles. The summed E-state index contributed by atoms with van der Waals surface area (Å²) >= 11 is 0. The maximum absolute atomic E-state index is 12.7. The molecule has 0 aliphatic carbocycles. The van der Waals surface area contributed by atoms with E-state index < -0.39 is 0 Å². The minimum absolute atomic E-state index is 0.0537. The number of nitrogens with zero attached hydrogens (tertiary/aromatic N) is 2. The van der Waals surface area contributed by atoms with Gasteiger partial charge >= 0.3 is 5.69 Å². The smallest absolute Gasteiger partial charge is 0.295 e. The van der Waals surface area contributed by atoms with Crippen molar-refractivity contribution in [1.82, 2.24) is 9.13 Å². The van der Waals surface area contributed by atoms with Gasteiger partial charge < -0.3 is 0 Å². The van der Waals surface area contributed by atoms with Crippen LogP contribution in [0.25, 0.3) is 22.2 Å². The summed E-state index contributed by atoms with van der Waals surface area (Å²) in [5.74, 6) is 0.501. The zero-order chi connectivity index (χ0) is 18.4. The zero-order valence-electron chi connectivity index (χ0n) is 16.1. The first-order valence-electron chi connectivity index (χ1n) is 8.97. The van der Waals surface area contributed by atoms with Crippen molar-refractivity contribution in [2.75, 3.05) is 0 Å². The van der Waals surface area contributed by atoms with Gasteiger partial charge in [-0.15, -0.1) is 0 Å². The van der Waals surface area contributed by atoms with Crippen LogP contribution >= 0.6 is 0 Å². The number of aromatic nitrogens is 2. The van der Waals surface area contributed by atoms with Crippen LogP contribution in [0.4, 0.5) is 0 Å². The number of fused-ring (bicyclic) bond motifs is 1. The zero-order valence-corrected chi connectivity index (χ0v) is 16.1. The van der Waals surface area contributed by atoms with Gasteiger partial charge in [0.25, 0.3) is 0 Å². The van der Waals surface area contributed by atoms with E-state index in [1.165, 1.54) is 11.1 Å². The molecule has 0 N–H and O–H groups in total. The number of hydrogen-bond acceptors (Lipinski definition) is 1. The van der Waals surface area contributed by atoms with Crippen LogP contribution in [0.1, 0.15) is 46.1 Å². The topological polar surface area (TPSA) is 26.9 Å². The summed E-state index contributed by atoms with van der Waals surface area (Å²) in [5, 5.41) is 0. The van der Waals surface area contributed by atoms with Gasteiger partial charge in [-0.3, -0.25) is 9.13 Å². The predicted molar refractivity (Wildman–Crippen MR) is 106 cm³/mol. The molecule has 0 bridgehead atoms. The standard InChI is InChI=1S/C22H28N2O/c1-15(2)16-8-7-9-17(12-16)18-10-11-19-20(13-18)23(6)21(25)24(19)14-22(3,4)5/h7-13,15H,14H2,1-6H3. The van der Waals surface area contributed by atoms with Crippen molar-refractivity contribution in [3.8, 4) is 11.1 Å². The molecule has 0 saturated carbocycles. The fraction of sp³-hybridized carbons (Fsp3) is 0.409. The molecule has 0 spiro atoms. The van der Waals surface area contributed by atoms with Crippen LogP contribution in [0.3, 0.4) is 0 Å². The first-order valence-corrected chi connectivity index (χ1v) is 8.97. The third kappa shape index (κ3) is 3.41. The summed E-state index contributed by atoms with van der Waals surface area (Å²) in [7, 11) is 1.86. The minimum atomic E-state index is 0.0537. The molecule has 0 unspecified atom stereocenters. The van der Waals surface area contributed by atoms with E-state index in [0.717, 1.165) is 16.6 Å². The number of benzene rings is 2. The summed E-state index contributed by atoms with van der Waals surface area (Å²) in [5.41, 5.74) is 5.79. The minimum Gasteiger partial charge on any atom is -0.295 e. The molecule has 0 saturated heterocycles. The molecule has 3 heteroatoms. The van der Waals surface area contributed by atoms with Gasteiger partial charge in [-0.05, 0) is 40.2 Å². The molecule has 2 aromatic carbocycles. The highest BCUT2D eigenvalue weighted by Gasteiger charge is 2.18. The lowest BCUT2D eigenvalue weighted by atomic mass is 9.96. The fourth-order valence-corrected chi connectivity index (χ4v) is 3.29. The van der Waals surface area contributed by atoms with Crippen molar-refractivity contribution in [1.29, 1.82) is 0 Å². The highest BCUT2D eigenvalue weighted by Crippen LogP contribution is 2.27. The van der Waals surface area contributed by atoms with Gasteiger partial charge in [0.05, 0.1) is 11.0 Å². The van der Waals surface area contributed by atoms with Crippen LogP contribution in [-0.4, -0.2) is 9.13 Å². The first-order chi connectivity index (χ1) is 11.7. The second kappa shape index (κ2) is 6.21. The number of rotatable bonds is 3. The lowest BCUT2D eigenvalue weighted by molar-refractivity contribution is 0.342. The Kier molecular flexibility index (Phi) is 4.36. The molecule has 0 aliphatic rings. The van der Waals surface area contributed by atoms with Gasteiger partial charge in [-0.1, -0.05) is 65.0 Å². The maximum atomic E-state index is 12.7. The van der Waals surface area contributed by atoms with Crippen LogP contribution < -0.4 is 5.69 Å². The number of imidazole rings is 1. The largest absolute Gasteiger partial charge is 0.328 e. The van der Waals surface area contributed by atoms with Crippen molar-refractivity contribution in [3.63, 3.8) is 0 Å². The SMILES string of the molecule is CC(C)c1cccc(-c2ccc3c(c2)n(C)c(=O)n3CC(C)(C)C)c1. The predicted octanol–water partition coefficient (Wildman–Crippen LogP) is 5.18. The van der Waals surface area contributed by atoms with Crippen LogP contribution in [0, 0.1) is 5.41 Å². The summed E-state index contributed by atoms with van der Waals surface area (Å²) < 4.78 is 3.65. The Balaban J connectivity index is 2.14. The van der Waals surface area contributed by atoms with Crippen molar-refractivity contribution in [2.45, 2.75) is 47.1 Å². The van der Waals surface area contributed by atoms with E-state index in [-0.39, 0.29) is 11.1 Å². The third-order valence-electron chi connectivity index (χ3n) is 4.66. The molecule has 0 radical (unpaired) electrons. The van der Waals surface area contributed by atoms with E-state index in [0.29, 0.717) is 12.5 Å². The summed E-state index contributed by atoms with van der Waals surface area (Å²) in [6.45, 7) is 11.6. The van der Waals surface area contributed by atoms with Gasteiger partial charge in [0.15, 0.2) is 0 Å². The highest BCUT2D eigenvalue weighted by molar-refractivity contribution is 5.82. The van der Waals surface area contributed by atoms with Crippen molar-refractivity contribution in [2.24, 2.45) is 12.5 Å². The average Bonchev–Trinajstić information content (AvgIpc) is 2.78. The van der Waals surface area contributed by atoms with Crippen molar-refractivity contribution < 1.29 is 0 Å². The lowest BCUT2D eigenvalue weighted by Crippen LogP contribution is -2.27. The van der Waals surface area contributed by atoms with E-state index in [2.05, 4.69) is 77.1 Å². The molecule has 0 amide bonds. The molecule has 3 nitrogen and oxygen atoms in total. The Hall–Kier alpha value is -2.29. The normalized spacial score (nSPS) is 12.3. The Labute approximate surface area is 149 Å². The van der Waals surface area contributed by atoms with Gasteiger partial charge in [0.2, 0.25) is 0 Å². The second-order valence-electron chi connectivity index (χ2n) is 8.47. The summed E-state index contributed by atoms with van der Waals surface area (Å²) in [6, 6.07) is 15.0. The number of hydrogen-bond donors (Lipinski definition) is 0. The van der Waals surface area contributed by atoms with Gasteiger partial charge in [0, 0.05) is 13.6 Å². The monoisotopic (exact) mass is 336 g/mol. The fourth-order valence-electron chi connectivity index (χ4n) is 3.29. The van der Waals surface area contributed by atoms with Crippen LogP contribution in [-0.2, 0) is 13.6 Å². The molecule has 0 fully saturated rings. The highest BCUT2D eigenvalue weighted by atomic mass is 16.1. The third-order valence-corrected chi connectivity index (χ3v) is 4.66. The van der Waals surface area contributed by atoms with Crippen LogP contribution in [0.2, 0.25) is 0 Å². The quantitative estimate of drug-likeness (QED) is 0.647. The summed E-state index contributed by atoms with van der Waals surface area (Å²) in [4.78, 5) is 12.7. The van der Waals surface area contributed by atoms with E-state index in [1.54, 1.807) is 4.57 Å². The second-order valence-corrected chi connectivity index (χ2v) is 8.47. The molecule has 132 valence electrons. The lowest BCUT2D eigenvalue weighted by Gasteiger charge is -2.18. The van der Waals surface area contributed by atoms with E-state index in [9.17, 15) is 4.79 Å². The molecule has 3 aromatic rings. The molecule has 25 heavy (non-hydrogen) atoms. The summed E-state index contributed by atoms with van der Waals surface area (Å²) in [6.07, 6.45) is 0. The maximum Gasteiger partial charge on any atom is 0.328 e. The van der Waals surface area contributed by atoms with Crippen LogP contribution in [0.15, 0.2) is 47.3 Å². The van der Waals surface area contributed by atoms with E-state index >= 15 is 0 Å². The van der Waals surface area contributed by atoms with Crippen molar-refractivity contribution in [3.05, 3.63) is 58.5 Å². The van der Waals surface area contributed by atoms with Gasteiger partial charge in [-0.2, -0.15) is 0 Å². The Morgan fingerprint density at radius 3 is 2.28 bits per heavy atom. The van der Waals surface area contributed by atoms with Crippen molar-refractivity contribution >= 4 is 11.0 Å². The first kappa shape index (κ1) is 17.5. The van der Waals surface area contributed by atoms with Gasteiger partial charge in [-0.25, -0.2) is 4.79 Å². The molecular formula is C22H28N2O.